The fraction of sp³-hybridized carbons (Fsp3) is 0.0625. The van der Waals surface area contributed by atoms with Crippen molar-refractivity contribution < 1.29 is 13.2 Å². The molecule has 1 atom stereocenters. The molecule has 106 valence electrons. The molecule has 0 saturated carbocycles. The highest BCUT2D eigenvalue weighted by molar-refractivity contribution is 5.82. The van der Waals surface area contributed by atoms with Crippen molar-refractivity contribution in [2.24, 2.45) is 5.73 Å². The van der Waals surface area contributed by atoms with E-state index in [1.807, 2.05) is 0 Å². The van der Waals surface area contributed by atoms with Crippen molar-refractivity contribution in [3.63, 3.8) is 0 Å². The van der Waals surface area contributed by atoms with Gasteiger partial charge in [-0.05, 0) is 23.8 Å². The van der Waals surface area contributed by atoms with E-state index in [9.17, 15) is 13.2 Å². The summed E-state index contributed by atoms with van der Waals surface area (Å²) in [5.41, 5.74) is 7.26. The number of nitrogens with zero attached hydrogens (tertiary/aromatic N) is 1. The minimum absolute atomic E-state index is 0.0924. The van der Waals surface area contributed by atoms with E-state index in [0.717, 1.165) is 17.5 Å². The second-order valence-corrected chi connectivity index (χ2v) is 4.66. The molecule has 5 heteroatoms. The third kappa shape index (κ3) is 2.25. The van der Waals surface area contributed by atoms with Gasteiger partial charge in [-0.1, -0.05) is 24.3 Å². The van der Waals surface area contributed by atoms with Gasteiger partial charge in [0.1, 0.15) is 0 Å². The van der Waals surface area contributed by atoms with Crippen molar-refractivity contribution in [1.82, 2.24) is 4.98 Å². The molecule has 1 heterocycles. The van der Waals surface area contributed by atoms with Crippen LogP contribution in [0.4, 0.5) is 13.2 Å². The number of halogens is 3. The van der Waals surface area contributed by atoms with E-state index in [1.165, 1.54) is 0 Å². The molecule has 0 radical (unpaired) electrons. The summed E-state index contributed by atoms with van der Waals surface area (Å²) in [7, 11) is 0. The zero-order valence-electron chi connectivity index (χ0n) is 10.9. The molecule has 21 heavy (non-hydrogen) atoms. The van der Waals surface area contributed by atoms with E-state index in [1.54, 1.807) is 36.5 Å². The number of hydrogen-bond donors (Lipinski definition) is 1. The van der Waals surface area contributed by atoms with Gasteiger partial charge in [-0.3, -0.25) is 4.98 Å². The Labute approximate surface area is 119 Å². The number of hydrogen-bond acceptors (Lipinski definition) is 2. The normalized spacial score (nSPS) is 12.6. The summed E-state index contributed by atoms with van der Waals surface area (Å²) in [6.45, 7) is 0. The summed E-state index contributed by atoms with van der Waals surface area (Å²) >= 11 is 0. The molecule has 0 aliphatic rings. The summed E-state index contributed by atoms with van der Waals surface area (Å²) in [5, 5.41) is 0.747. The molecule has 2 nitrogen and oxygen atoms in total. The number of aromatic nitrogens is 1. The van der Waals surface area contributed by atoms with Gasteiger partial charge in [0.25, 0.3) is 0 Å². The Bertz CT molecular complexity index is 812. The fourth-order valence-corrected chi connectivity index (χ4v) is 2.35. The first-order valence-corrected chi connectivity index (χ1v) is 6.32. The van der Waals surface area contributed by atoms with Crippen LogP contribution in [0.1, 0.15) is 17.2 Å². The van der Waals surface area contributed by atoms with E-state index in [0.29, 0.717) is 11.1 Å². The Morgan fingerprint density at radius 1 is 0.857 bits per heavy atom. The number of pyridine rings is 1. The molecule has 3 aromatic rings. The molecule has 1 unspecified atom stereocenters. The van der Waals surface area contributed by atoms with E-state index in [-0.39, 0.29) is 5.56 Å². The van der Waals surface area contributed by atoms with Crippen LogP contribution in [0.15, 0.2) is 48.7 Å². The molecular formula is C16H11F3N2. The lowest BCUT2D eigenvalue weighted by molar-refractivity contribution is 0.438. The summed E-state index contributed by atoms with van der Waals surface area (Å²) in [4.78, 5) is 4.19. The summed E-state index contributed by atoms with van der Waals surface area (Å²) in [6.07, 6.45) is 1.63. The number of benzene rings is 2. The van der Waals surface area contributed by atoms with Gasteiger partial charge in [-0.15, -0.1) is 0 Å². The number of fused-ring (bicyclic) bond motifs is 1. The average molecular weight is 288 g/mol. The van der Waals surface area contributed by atoms with Crippen LogP contribution in [0.25, 0.3) is 10.9 Å². The van der Waals surface area contributed by atoms with E-state index < -0.39 is 23.5 Å². The van der Waals surface area contributed by atoms with Crippen LogP contribution in [0.2, 0.25) is 0 Å². The predicted molar refractivity (Wildman–Crippen MR) is 74.1 cm³/mol. The van der Waals surface area contributed by atoms with Crippen molar-refractivity contribution in [2.45, 2.75) is 6.04 Å². The van der Waals surface area contributed by atoms with Crippen LogP contribution in [0, 0.1) is 17.5 Å². The van der Waals surface area contributed by atoms with Crippen molar-refractivity contribution >= 4 is 10.9 Å². The number of nitrogens with two attached hydrogens (primary N) is 1. The summed E-state index contributed by atoms with van der Waals surface area (Å²) in [6, 6.07) is 9.92. The van der Waals surface area contributed by atoms with Crippen molar-refractivity contribution in [3.8, 4) is 0 Å². The lowest BCUT2D eigenvalue weighted by Crippen LogP contribution is -2.15. The van der Waals surface area contributed by atoms with Crippen molar-refractivity contribution in [1.29, 1.82) is 0 Å². The standard InChI is InChI=1S/C16H11F3N2/c17-12-7-6-11(14(18)15(12)19)16(20)10-3-1-5-13-9(10)4-2-8-21-13/h1-8,16H,20H2. The largest absolute Gasteiger partial charge is 0.320 e. The Hall–Kier alpha value is -2.40. The van der Waals surface area contributed by atoms with Crippen LogP contribution in [-0.4, -0.2) is 4.98 Å². The molecule has 3 rings (SSSR count). The van der Waals surface area contributed by atoms with Gasteiger partial charge in [-0.25, -0.2) is 13.2 Å². The molecule has 2 aromatic carbocycles. The smallest absolute Gasteiger partial charge is 0.194 e. The Balaban J connectivity index is 2.17. The molecule has 0 aliphatic carbocycles. The van der Waals surface area contributed by atoms with E-state index in [2.05, 4.69) is 4.98 Å². The van der Waals surface area contributed by atoms with Gasteiger partial charge in [0, 0.05) is 17.1 Å². The van der Waals surface area contributed by atoms with Crippen LogP contribution in [-0.2, 0) is 0 Å². The van der Waals surface area contributed by atoms with Crippen LogP contribution < -0.4 is 5.73 Å². The lowest BCUT2D eigenvalue weighted by Gasteiger charge is -2.16. The molecule has 0 amide bonds. The summed E-state index contributed by atoms with van der Waals surface area (Å²) in [5.74, 6) is -4.01. The van der Waals surface area contributed by atoms with Gasteiger partial charge in [0.05, 0.1) is 11.6 Å². The van der Waals surface area contributed by atoms with Gasteiger partial charge in [0.2, 0.25) is 0 Å². The lowest BCUT2D eigenvalue weighted by atomic mass is 9.95. The third-order valence-corrected chi connectivity index (χ3v) is 3.41. The van der Waals surface area contributed by atoms with E-state index in [4.69, 9.17) is 5.73 Å². The first-order valence-electron chi connectivity index (χ1n) is 6.32. The third-order valence-electron chi connectivity index (χ3n) is 3.41. The van der Waals surface area contributed by atoms with Crippen LogP contribution in [0.5, 0.6) is 0 Å². The van der Waals surface area contributed by atoms with Gasteiger partial charge in [0.15, 0.2) is 17.5 Å². The topological polar surface area (TPSA) is 38.9 Å². The maximum atomic E-state index is 13.9. The average Bonchev–Trinajstić information content (AvgIpc) is 2.51. The predicted octanol–water partition coefficient (Wildman–Crippen LogP) is 3.70. The maximum absolute atomic E-state index is 13.9. The minimum atomic E-state index is -1.51. The zero-order valence-corrected chi connectivity index (χ0v) is 10.9. The molecular weight excluding hydrogens is 277 g/mol. The minimum Gasteiger partial charge on any atom is -0.320 e. The van der Waals surface area contributed by atoms with Gasteiger partial charge in [-0.2, -0.15) is 0 Å². The van der Waals surface area contributed by atoms with Crippen LogP contribution in [0.3, 0.4) is 0 Å². The first-order chi connectivity index (χ1) is 10.1. The Kier molecular flexibility index (Phi) is 3.35. The summed E-state index contributed by atoms with van der Waals surface area (Å²) < 4.78 is 40.3. The SMILES string of the molecule is NC(c1ccc(F)c(F)c1F)c1cccc2ncccc12. The van der Waals surface area contributed by atoms with E-state index >= 15 is 0 Å². The monoisotopic (exact) mass is 288 g/mol. The highest BCUT2D eigenvalue weighted by Gasteiger charge is 2.20. The highest BCUT2D eigenvalue weighted by atomic mass is 19.2. The van der Waals surface area contributed by atoms with Crippen molar-refractivity contribution in [3.05, 3.63) is 77.2 Å². The zero-order chi connectivity index (χ0) is 15.0. The first kappa shape index (κ1) is 13.6. The second kappa shape index (κ2) is 5.18. The van der Waals surface area contributed by atoms with Gasteiger partial charge >= 0.3 is 0 Å². The molecule has 0 fully saturated rings. The van der Waals surface area contributed by atoms with Crippen molar-refractivity contribution in [2.75, 3.05) is 0 Å². The maximum Gasteiger partial charge on any atom is 0.194 e. The number of rotatable bonds is 2. The molecule has 0 aliphatic heterocycles. The molecule has 0 bridgehead atoms. The molecule has 0 spiro atoms. The second-order valence-electron chi connectivity index (χ2n) is 4.66. The Morgan fingerprint density at radius 3 is 2.48 bits per heavy atom. The van der Waals surface area contributed by atoms with Gasteiger partial charge < -0.3 is 5.73 Å². The molecule has 2 N–H and O–H groups in total. The van der Waals surface area contributed by atoms with Crippen LogP contribution >= 0.6 is 0 Å². The molecule has 0 saturated heterocycles. The Morgan fingerprint density at radius 2 is 1.67 bits per heavy atom. The fourth-order valence-electron chi connectivity index (χ4n) is 2.35. The molecule has 1 aromatic heterocycles. The highest BCUT2D eigenvalue weighted by Crippen LogP contribution is 2.29. The quantitative estimate of drug-likeness (QED) is 0.730.